The van der Waals surface area contributed by atoms with Gasteiger partial charge in [-0.05, 0) is 43.4 Å². The van der Waals surface area contributed by atoms with Crippen LogP contribution in [0.3, 0.4) is 0 Å². The summed E-state index contributed by atoms with van der Waals surface area (Å²) in [6.45, 7) is 6.08. The molecule has 4 rings (SSSR count). The van der Waals surface area contributed by atoms with Crippen molar-refractivity contribution in [2.45, 2.75) is 50.7 Å². The summed E-state index contributed by atoms with van der Waals surface area (Å²) >= 11 is 1.69. The molecule has 2 saturated heterocycles. The van der Waals surface area contributed by atoms with E-state index in [4.69, 9.17) is 0 Å². The van der Waals surface area contributed by atoms with E-state index in [0.29, 0.717) is 43.5 Å². The molecule has 3 aliphatic rings. The molecule has 1 saturated carbocycles. The third-order valence-electron chi connectivity index (χ3n) is 6.36. The second-order valence-corrected chi connectivity index (χ2v) is 10.5. The molecule has 32 heavy (non-hydrogen) atoms. The Bertz CT molecular complexity index is 851. The highest BCUT2D eigenvalue weighted by Crippen LogP contribution is 2.40. The Labute approximate surface area is 191 Å². The fourth-order valence-electron chi connectivity index (χ4n) is 4.45. The second kappa shape index (κ2) is 9.15. The maximum absolute atomic E-state index is 13.4. The second-order valence-electron chi connectivity index (χ2n) is 9.31. The lowest BCUT2D eigenvalue weighted by atomic mass is 10.1. The predicted octanol–water partition coefficient (Wildman–Crippen LogP) is 4.08. The topological polar surface area (TPSA) is 43.9 Å². The highest BCUT2D eigenvalue weighted by atomic mass is 32.2. The van der Waals surface area contributed by atoms with Gasteiger partial charge in [-0.3, -0.25) is 9.59 Å². The molecule has 2 amide bonds. The lowest BCUT2D eigenvalue weighted by molar-refractivity contribution is -0.146. The minimum atomic E-state index is -4.38. The summed E-state index contributed by atoms with van der Waals surface area (Å²) in [4.78, 5) is 31.9. The number of nitrogens with zero attached hydrogens (tertiary/aromatic N) is 3. The predicted molar refractivity (Wildman–Crippen MR) is 119 cm³/mol. The molecule has 0 spiro atoms. The van der Waals surface area contributed by atoms with Crippen LogP contribution in [0.15, 0.2) is 24.3 Å². The maximum Gasteiger partial charge on any atom is 0.416 e. The van der Waals surface area contributed by atoms with Crippen LogP contribution in [0.5, 0.6) is 0 Å². The molecule has 3 fully saturated rings. The highest BCUT2D eigenvalue weighted by Gasteiger charge is 2.47. The van der Waals surface area contributed by atoms with Gasteiger partial charge in [0.05, 0.1) is 10.9 Å². The standard InChI is InChI=1S/C23H30F3N3O2S/c1-15(2)12-20-29(21(30)16-6-7-16)19(14-32-20)22(31)28-10-8-27(9-11-28)18-5-3-4-17(13-18)23(24,25)26/h3-5,13,15-16,19-20H,6-12,14H2,1-2H3. The monoisotopic (exact) mass is 469 g/mol. The summed E-state index contributed by atoms with van der Waals surface area (Å²) in [5, 5.41) is 0.0449. The smallest absolute Gasteiger partial charge is 0.368 e. The van der Waals surface area contributed by atoms with Gasteiger partial charge in [0.2, 0.25) is 11.8 Å². The van der Waals surface area contributed by atoms with Crippen molar-refractivity contribution in [1.29, 1.82) is 0 Å². The number of rotatable bonds is 5. The zero-order valence-corrected chi connectivity index (χ0v) is 19.3. The Morgan fingerprint density at radius 2 is 1.78 bits per heavy atom. The fraction of sp³-hybridized carbons (Fsp3) is 0.652. The molecule has 0 radical (unpaired) electrons. The SMILES string of the molecule is CC(C)CC1SCC(C(=O)N2CCN(c3cccc(C(F)(F)F)c3)CC2)N1C(=O)C1CC1. The molecule has 0 N–H and O–H groups in total. The lowest BCUT2D eigenvalue weighted by Gasteiger charge is -2.39. The summed E-state index contributed by atoms with van der Waals surface area (Å²) < 4.78 is 39.1. The molecule has 1 aliphatic carbocycles. The first-order valence-electron chi connectivity index (χ1n) is 11.3. The average Bonchev–Trinajstić information content (AvgIpc) is 3.53. The van der Waals surface area contributed by atoms with Crippen molar-refractivity contribution in [2.75, 3.05) is 36.8 Å². The van der Waals surface area contributed by atoms with Crippen LogP contribution in [0.2, 0.25) is 0 Å². The number of amides is 2. The Kier molecular flexibility index (Phi) is 6.66. The van der Waals surface area contributed by atoms with E-state index in [2.05, 4.69) is 13.8 Å². The molecule has 2 aliphatic heterocycles. The Morgan fingerprint density at radius 3 is 2.38 bits per heavy atom. The number of carbonyl (C=O) groups is 2. The number of thioether (sulfide) groups is 1. The molecule has 176 valence electrons. The third kappa shape index (κ3) is 5.02. The lowest BCUT2D eigenvalue weighted by Crippen LogP contribution is -2.56. The summed E-state index contributed by atoms with van der Waals surface area (Å²) in [7, 11) is 0. The molecule has 0 aromatic heterocycles. The summed E-state index contributed by atoms with van der Waals surface area (Å²) in [6, 6.07) is 4.89. The van der Waals surface area contributed by atoms with Crippen LogP contribution in [-0.4, -0.2) is 65.0 Å². The molecule has 2 heterocycles. The van der Waals surface area contributed by atoms with E-state index >= 15 is 0 Å². The number of hydrogen-bond donors (Lipinski definition) is 0. The highest BCUT2D eigenvalue weighted by molar-refractivity contribution is 8.00. The van der Waals surface area contributed by atoms with E-state index in [0.717, 1.165) is 31.4 Å². The van der Waals surface area contributed by atoms with Crippen molar-refractivity contribution in [3.63, 3.8) is 0 Å². The van der Waals surface area contributed by atoms with E-state index < -0.39 is 17.8 Å². The van der Waals surface area contributed by atoms with Crippen LogP contribution < -0.4 is 4.90 Å². The summed E-state index contributed by atoms with van der Waals surface area (Å²) in [5.41, 5.74) is -0.146. The van der Waals surface area contributed by atoms with E-state index in [9.17, 15) is 22.8 Å². The Balaban J connectivity index is 1.41. The largest absolute Gasteiger partial charge is 0.416 e. The van der Waals surface area contributed by atoms with E-state index in [-0.39, 0.29) is 23.1 Å². The van der Waals surface area contributed by atoms with Crippen LogP contribution >= 0.6 is 11.8 Å². The van der Waals surface area contributed by atoms with Gasteiger partial charge in [0.25, 0.3) is 0 Å². The number of carbonyl (C=O) groups excluding carboxylic acids is 2. The Hall–Kier alpha value is -1.90. The van der Waals surface area contributed by atoms with Crippen LogP contribution in [0.1, 0.15) is 38.7 Å². The van der Waals surface area contributed by atoms with Gasteiger partial charge >= 0.3 is 6.18 Å². The zero-order chi connectivity index (χ0) is 23.0. The van der Waals surface area contributed by atoms with E-state index in [1.807, 2.05) is 9.80 Å². The molecule has 5 nitrogen and oxygen atoms in total. The first-order valence-corrected chi connectivity index (χ1v) is 12.3. The third-order valence-corrected chi connectivity index (χ3v) is 7.67. The molecule has 1 aromatic rings. The fourth-order valence-corrected chi connectivity index (χ4v) is 6.09. The van der Waals surface area contributed by atoms with Gasteiger partial charge in [0, 0.05) is 43.5 Å². The van der Waals surface area contributed by atoms with Gasteiger partial charge in [-0.2, -0.15) is 13.2 Å². The number of halogens is 3. The molecule has 2 unspecified atom stereocenters. The average molecular weight is 470 g/mol. The maximum atomic E-state index is 13.4. The molecular formula is C23H30F3N3O2S. The minimum absolute atomic E-state index is 0.0264. The van der Waals surface area contributed by atoms with Crippen molar-refractivity contribution in [3.8, 4) is 0 Å². The van der Waals surface area contributed by atoms with Crippen molar-refractivity contribution in [1.82, 2.24) is 9.80 Å². The molecular weight excluding hydrogens is 439 g/mol. The van der Waals surface area contributed by atoms with Crippen LogP contribution in [0, 0.1) is 11.8 Å². The zero-order valence-electron chi connectivity index (χ0n) is 18.5. The first kappa shape index (κ1) is 23.3. The molecule has 9 heteroatoms. The van der Waals surface area contributed by atoms with Crippen molar-refractivity contribution >= 4 is 29.3 Å². The van der Waals surface area contributed by atoms with Gasteiger partial charge in [0.1, 0.15) is 6.04 Å². The van der Waals surface area contributed by atoms with Gasteiger partial charge in [-0.1, -0.05) is 19.9 Å². The molecule has 0 bridgehead atoms. The van der Waals surface area contributed by atoms with Gasteiger partial charge in [-0.15, -0.1) is 11.8 Å². The van der Waals surface area contributed by atoms with Gasteiger partial charge in [0.15, 0.2) is 0 Å². The summed E-state index contributed by atoms with van der Waals surface area (Å²) in [6.07, 6.45) is -1.69. The summed E-state index contributed by atoms with van der Waals surface area (Å²) in [5.74, 6) is 1.20. The van der Waals surface area contributed by atoms with Crippen LogP contribution in [0.4, 0.5) is 18.9 Å². The van der Waals surface area contributed by atoms with Gasteiger partial charge < -0.3 is 14.7 Å². The quantitative estimate of drug-likeness (QED) is 0.652. The molecule has 1 aromatic carbocycles. The number of benzene rings is 1. The minimum Gasteiger partial charge on any atom is -0.368 e. The van der Waals surface area contributed by atoms with Crippen LogP contribution in [-0.2, 0) is 15.8 Å². The van der Waals surface area contributed by atoms with E-state index in [1.165, 1.54) is 6.07 Å². The first-order chi connectivity index (χ1) is 15.1. The van der Waals surface area contributed by atoms with E-state index in [1.54, 1.807) is 22.7 Å². The number of hydrogen-bond acceptors (Lipinski definition) is 4. The van der Waals surface area contributed by atoms with Crippen molar-refractivity contribution in [2.24, 2.45) is 11.8 Å². The normalized spacial score (nSPS) is 24.4. The van der Waals surface area contributed by atoms with Crippen LogP contribution in [0.25, 0.3) is 0 Å². The Morgan fingerprint density at radius 1 is 1.09 bits per heavy atom. The molecule has 2 atom stereocenters. The van der Waals surface area contributed by atoms with Crippen molar-refractivity contribution in [3.05, 3.63) is 29.8 Å². The van der Waals surface area contributed by atoms with Crippen molar-refractivity contribution < 1.29 is 22.8 Å². The number of alkyl halides is 3. The van der Waals surface area contributed by atoms with Gasteiger partial charge in [-0.25, -0.2) is 0 Å². The number of anilines is 1. The number of piperazine rings is 1.